The molecule has 0 unspecified atom stereocenters. The number of nitrogens with zero attached hydrogens (tertiary/aromatic N) is 1. The summed E-state index contributed by atoms with van der Waals surface area (Å²) >= 11 is 0. The number of hydrogen-bond acceptors (Lipinski definition) is 1. The molecule has 1 N–H and O–H groups in total. The highest BCUT2D eigenvalue weighted by Gasteiger charge is 2.39. The van der Waals surface area contributed by atoms with Gasteiger partial charge in [-0.2, -0.15) is 0 Å². The van der Waals surface area contributed by atoms with Gasteiger partial charge in [0.2, 0.25) is 0 Å². The summed E-state index contributed by atoms with van der Waals surface area (Å²) < 4.78 is 0. The van der Waals surface area contributed by atoms with Gasteiger partial charge in [0.05, 0.1) is 5.84 Å². The fourth-order valence-electron chi connectivity index (χ4n) is 2.24. The van der Waals surface area contributed by atoms with E-state index in [9.17, 15) is 0 Å². The van der Waals surface area contributed by atoms with Crippen LogP contribution < -0.4 is 5.32 Å². The zero-order valence-electron chi connectivity index (χ0n) is 11.2. The van der Waals surface area contributed by atoms with Crippen molar-refractivity contribution in [3.63, 3.8) is 0 Å². The molecular weight excluding hydrogens is 184 g/mol. The summed E-state index contributed by atoms with van der Waals surface area (Å²) in [5.41, 5.74) is 0.681. The Morgan fingerprint density at radius 2 is 1.67 bits per heavy atom. The van der Waals surface area contributed by atoms with Crippen LogP contribution in [0.1, 0.15) is 59.8 Å². The average Bonchev–Trinajstić information content (AvgIpc) is 2.32. The highest BCUT2D eigenvalue weighted by molar-refractivity contribution is 5.83. The number of piperidine rings is 1. The molecule has 15 heavy (non-hydrogen) atoms. The van der Waals surface area contributed by atoms with E-state index in [1.54, 1.807) is 0 Å². The van der Waals surface area contributed by atoms with Crippen molar-refractivity contribution in [2.24, 2.45) is 10.4 Å². The SMILES string of the molecule is CC.CC.CN=C1CC2(CCC2)CCN1. The van der Waals surface area contributed by atoms with Crippen molar-refractivity contribution < 1.29 is 0 Å². The van der Waals surface area contributed by atoms with Gasteiger partial charge in [0.15, 0.2) is 0 Å². The molecule has 0 bridgehead atoms. The topological polar surface area (TPSA) is 24.4 Å². The zero-order valence-corrected chi connectivity index (χ0v) is 11.2. The van der Waals surface area contributed by atoms with E-state index in [4.69, 9.17) is 0 Å². The molecule has 0 radical (unpaired) electrons. The first-order valence-electron chi connectivity index (χ1n) is 6.54. The van der Waals surface area contributed by atoms with Gasteiger partial charge in [-0.15, -0.1) is 0 Å². The van der Waals surface area contributed by atoms with Crippen molar-refractivity contribution in [3.8, 4) is 0 Å². The van der Waals surface area contributed by atoms with E-state index >= 15 is 0 Å². The van der Waals surface area contributed by atoms with Crippen molar-refractivity contribution in [2.45, 2.75) is 59.8 Å². The third kappa shape index (κ3) is 3.84. The van der Waals surface area contributed by atoms with Gasteiger partial charge in [0.25, 0.3) is 0 Å². The van der Waals surface area contributed by atoms with Gasteiger partial charge in [-0.25, -0.2) is 0 Å². The maximum Gasteiger partial charge on any atom is 0.0965 e. The molecule has 2 aliphatic rings. The van der Waals surface area contributed by atoms with Crippen LogP contribution in [0, 0.1) is 5.41 Å². The Bertz CT molecular complexity index is 181. The molecule has 2 fully saturated rings. The lowest BCUT2D eigenvalue weighted by atomic mass is 9.63. The van der Waals surface area contributed by atoms with Gasteiger partial charge in [0, 0.05) is 20.0 Å². The van der Waals surface area contributed by atoms with Crippen molar-refractivity contribution in [3.05, 3.63) is 0 Å². The molecule has 0 atom stereocenters. The number of amidine groups is 1. The molecule has 0 aromatic carbocycles. The van der Waals surface area contributed by atoms with Gasteiger partial charge in [-0.3, -0.25) is 4.99 Å². The minimum atomic E-state index is 0.681. The summed E-state index contributed by atoms with van der Waals surface area (Å²) in [6.07, 6.45) is 6.90. The third-order valence-electron chi connectivity index (χ3n) is 3.21. The van der Waals surface area contributed by atoms with Crippen LogP contribution in [-0.2, 0) is 0 Å². The Kier molecular flexibility index (Phi) is 7.45. The van der Waals surface area contributed by atoms with E-state index in [0.717, 1.165) is 6.54 Å². The highest BCUT2D eigenvalue weighted by atomic mass is 15.0. The Morgan fingerprint density at radius 3 is 2.07 bits per heavy atom. The maximum absolute atomic E-state index is 4.23. The number of aliphatic imine (C=N–C) groups is 1. The Hall–Kier alpha value is -0.530. The monoisotopic (exact) mass is 212 g/mol. The van der Waals surface area contributed by atoms with E-state index in [0.29, 0.717) is 5.41 Å². The van der Waals surface area contributed by atoms with Gasteiger partial charge in [-0.05, 0) is 24.7 Å². The van der Waals surface area contributed by atoms with Crippen molar-refractivity contribution in [2.75, 3.05) is 13.6 Å². The second kappa shape index (κ2) is 7.72. The standard InChI is InChI=1S/C9H16N2.2C2H6/c1-10-8-7-9(3-2-4-9)5-6-11-8;2*1-2/h2-7H2,1H3,(H,10,11);2*1-2H3. The highest BCUT2D eigenvalue weighted by Crippen LogP contribution is 2.47. The fourth-order valence-corrected chi connectivity index (χ4v) is 2.24. The average molecular weight is 212 g/mol. The minimum Gasteiger partial charge on any atom is -0.374 e. The van der Waals surface area contributed by atoms with Crippen LogP contribution in [0.15, 0.2) is 4.99 Å². The van der Waals surface area contributed by atoms with Gasteiger partial charge in [-0.1, -0.05) is 34.1 Å². The molecule has 1 heterocycles. The molecule has 0 amide bonds. The number of nitrogens with one attached hydrogen (secondary N) is 1. The molecular formula is C13H28N2. The first kappa shape index (κ1) is 14.5. The summed E-state index contributed by atoms with van der Waals surface area (Å²) in [5, 5.41) is 3.34. The predicted molar refractivity (Wildman–Crippen MR) is 69.6 cm³/mol. The zero-order chi connectivity index (χ0) is 11.7. The quantitative estimate of drug-likeness (QED) is 0.651. The normalized spacial score (nSPS) is 23.9. The Morgan fingerprint density at radius 1 is 1.07 bits per heavy atom. The largest absolute Gasteiger partial charge is 0.374 e. The van der Waals surface area contributed by atoms with Crippen LogP contribution in [0.4, 0.5) is 0 Å². The predicted octanol–water partition coefficient (Wildman–Crippen LogP) is 3.62. The van der Waals surface area contributed by atoms with E-state index in [1.165, 1.54) is 37.9 Å². The molecule has 1 aliphatic heterocycles. The summed E-state index contributed by atoms with van der Waals surface area (Å²) in [5.74, 6) is 1.23. The lowest BCUT2D eigenvalue weighted by Gasteiger charge is -2.45. The lowest BCUT2D eigenvalue weighted by molar-refractivity contribution is 0.120. The molecule has 1 spiro atoms. The van der Waals surface area contributed by atoms with Crippen LogP contribution in [0.5, 0.6) is 0 Å². The minimum absolute atomic E-state index is 0.681. The van der Waals surface area contributed by atoms with Crippen molar-refractivity contribution >= 4 is 5.84 Å². The molecule has 0 aromatic heterocycles. The summed E-state index contributed by atoms with van der Waals surface area (Å²) in [6.45, 7) is 9.15. The molecule has 2 rings (SSSR count). The second-order valence-corrected chi connectivity index (χ2v) is 3.88. The van der Waals surface area contributed by atoms with Crippen LogP contribution in [0.3, 0.4) is 0 Å². The molecule has 90 valence electrons. The smallest absolute Gasteiger partial charge is 0.0965 e. The summed E-state index contributed by atoms with van der Waals surface area (Å²) in [7, 11) is 1.89. The third-order valence-corrected chi connectivity index (χ3v) is 3.21. The van der Waals surface area contributed by atoms with Crippen LogP contribution in [-0.4, -0.2) is 19.4 Å². The van der Waals surface area contributed by atoms with Crippen LogP contribution in [0.25, 0.3) is 0 Å². The first-order valence-corrected chi connectivity index (χ1v) is 6.54. The molecule has 0 aromatic rings. The molecule has 1 saturated heterocycles. The van der Waals surface area contributed by atoms with E-state index in [2.05, 4.69) is 10.3 Å². The van der Waals surface area contributed by atoms with Gasteiger partial charge < -0.3 is 5.32 Å². The first-order chi connectivity index (χ1) is 7.35. The van der Waals surface area contributed by atoms with E-state index in [1.807, 2.05) is 34.7 Å². The second-order valence-electron chi connectivity index (χ2n) is 3.88. The lowest BCUT2D eigenvalue weighted by Crippen LogP contribution is -2.44. The van der Waals surface area contributed by atoms with Crippen molar-refractivity contribution in [1.82, 2.24) is 5.32 Å². The molecule has 2 nitrogen and oxygen atoms in total. The summed E-state index contributed by atoms with van der Waals surface area (Å²) in [6, 6.07) is 0. The Balaban J connectivity index is 0.000000442. The van der Waals surface area contributed by atoms with Gasteiger partial charge in [0.1, 0.15) is 0 Å². The van der Waals surface area contributed by atoms with E-state index < -0.39 is 0 Å². The number of rotatable bonds is 0. The van der Waals surface area contributed by atoms with E-state index in [-0.39, 0.29) is 0 Å². The van der Waals surface area contributed by atoms with Gasteiger partial charge >= 0.3 is 0 Å². The summed E-state index contributed by atoms with van der Waals surface area (Å²) in [4.78, 5) is 4.23. The van der Waals surface area contributed by atoms with Crippen molar-refractivity contribution in [1.29, 1.82) is 0 Å². The van der Waals surface area contributed by atoms with Crippen LogP contribution >= 0.6 is 0 Å². The molecule has 2 heteroatoms. The number of hydrogen-bond donors (Lipinski definition) is 1. The fraction of sp³-hybridized carbons (Fsp3) is 0.923. The molecule has 1 aliphatic carbocycles. The van der Waals surface area contributed by atoms with Crippen LogP contribution in [0.2, 0.25) is 0 Å². The Labute approximate surface area is 95.6 Å². The molecule has 1 saturated carbocycles. The maximum atomic E-state index is 4.23.